The fourth-order valence-corrected chi connectivity index (χ4v) is 2.62. The van der Waals surface area contributed by atoms with Gasteiger partial charge in [-0.1, -0.05) is 35.3 Å². The van der Waals surface area contributed by atoms with Crippen molar-refractivity contribution in [3.05, 3.63) is 52.0 Å². The smallest absolute Gasteiger partial charge is 0.189 e. The van der Waals surface area contributed by atoms with E-state index in [4.69, 9.17) is 43.1 Å². The maximum Gasteiger partial charge on any atom is 0.189 e. The number of hydrogen-bond acceptors (Lipinski definition) is 5. The zero-order valence-corrected chi connectivity index (χ0v) is 19.9. The molecule has 0 aromatic heterocycles. The molecule has 0 aliphatic heterocycles. The molecule has 1 unspecified atom stereocenters. The average molecular weight is 556 g/mol. The molecule has 10 heteroatoms. The van der Waals surface area contributed by atoms with Crippen molar-refractivity contribution >= 4 is 53.1 Å². The monoisotopic (exact) mass is 555 g/mol. The van der Waals surface area contributed by atoms with Crippen LogP contribution >= 0.6 is 47.2 Å². The van der Waals surface area contributed by atoms with Gasteiger partial charge >= 0.3 is 0 Å². The summed E-state index contributed by atoms with van der Waals surface area (Å²) in [5, 5.41) is 13.6. The molecule has 4 N–H and O–H groups in total. The van der Waals surface area contributed by atoms with E-state index in [1.165, 1.54) is 0 Å². The zero-order valence-electron chi connectivity index (χ0n) is 16.0. The summed E-state index contributed by atoms with van der Waals surface area (Å²) >= 11 is 12.0. The summed E-state index contributed by atoms with van der Waals surface area (Å²) in [6.45, 7) is 0.541. The maximum atomic E-state index is 10.0. The van der Waals surface area contributed by atoms with Crippen LogP contribution in [0.1, 0.15) is 5.56 Å². The number of aliphatic hydroxyl groups is 1. The highest BCUT2D eigenvalue weighted by Crippen LogP contribution is 2.31. The zero-order chi connectivity index (χ0) is 20.5. The van der Waals surface area contributed by atoms with Crippen molar-refractivity contribution in [1.82, 2.24) is 5.32 Å². The Balaban J connectivity index is 0.00000420. The Morgan fingerprint density at radius 3 is 2.55 bits per heavy atom. The molecule has 0 aliphatic carbocycles. The van der Waals surface area contributed by atoms with Crippen LogP contribution in [0.2, 0.25) is 10.0 Å². The number of nitrogens with one attached hydrogen (secondary N) is 1. The Morgan fingerprint density at radius 2 is 1.86 bits per heavy atom. The molecule has 0 aliphatic rings. The Labute approximate surface area is 197 Å². The van der Waals surface area contributed by atoms with Crippen molar-refractivity contribution in [2.24, 2.45) is 10.7 Å². The molecular formula is C19H24Cl2IN3O4. The van der Waals surface area contributed by atoms with Gasteiger partial charge in [-0.25, -0.2) is 4.99 Å². The highest BCUT2D eigenvalue weighted by molar-refractivity contribution is 14.0. The van der Waals surface area contributed by atoms with Gasteiger partial charge in [0.25, 0.3) is 0 Å². The van der Waals surface area contributed by atoms with Crippen LogP contribution in [-0.4, -0.2) is 44.5 Å². The van der Waals surface area contributed by atoms with E-state index in [1.807, 2.05) is 12.1 Å². The largest absolute Gasteiger partial charge is 0.493 e. The summed E-state index contributed by atoms with van der Waals surface area (Å²) in [5.41, 5.74) is 6.74. The summed E-state index contributed by atoms with van der Waals surface area (Å²) < 4.78 is 15.9. The standard InChI is InChI=1S/C19H23Cl2N3O4.HI/c1-26-15-7-6-12(8-17(15)27-2)9-23-19(22)24-10-13(25)11-28-16-5-3-4-14(20)18(16)21;/h3-8,13,25H,9-11H2,1-2H3,(H3,22,23,24);1H. The lowest BCUT2D eigenvalue weighted by Crippen LogP contribution is -2.39. The summed E-state index contributed by atoms with van der Waals surface area (Å²) in [7, 11) is 3.15. The van der Waals surface area contributed by atoms with Gasteiger partial charge in [0.15, 0.2) is 17.5 Å². The molecule has 0 saturated heterocycles. The number of nitrogens with zero attached hydrogens (tertiary/aromatic N) is 1. The maximum absolute atomic E-state index is 10.0. The van der Waals surface area contributed by atoms with Gasteiger partial charge in [-0.3, -0.25) is 0 Å². The first kappa shape index (κ1) is 25.4. The minimum absolute atomic E-state index is 0. The third-order valence-corrected chi connectivity index (χ3v) is 4.55. The molecule has 2 rings (SSSR count). The van der Waals surface area contributed by atoms with Gasteiger partial charge in [-0.2, -0.15) is 0 Å². The number of methoxy groups -OCH3 is 2. The SMILES string of the molecule is COc1ccc(CN=C(N)NCC(O)COc2cccc(Cl)c2Cl)cc1OC.I. The van der Waals surface area contributed by atoms with Crippen LogP contribution < -0.4 is 25.3 Å². The Hall–Kier alpha value is -1.62. The predicted octanol–water partition coefficient (Wildman–Crippen LogP) is 3.47. The van der Waals surface area contributed by atoms with Gasteiger partial charge in [-0.15, -0.1) is 24.0 Å². The van der Waals surface area contributed by atoms with Gasteiger partial charge in [-0.05, 0) is 29.8 Å². The highest BCUT2D eigenvalue weighted by atomic mass is 127. The first-order chi connectivity index (χ1) is 13.4. The summed E-state index contributed by atoms with van der Waals surface area (Å²) in [5.74, 6) is 1.87. The molecular weight excluding hydrogens is 532 g/mol. The number of aliphatic hydroxyl groups excluding tert-OH is 1. The van der Waals surface area contributed by atoms with E-state index in [1.54, 1.807) is 38.5 Å². The topological polar surface area (TPSA) is 98.3 Å². The van der Waals surface area contributed by atoms with Gasteiger partial charge in [0.05, 0.1) is 25.8 Å². The molecule has 1 atom stereocenters. The lowest BCUT2D eigenvalue weighted by Gasteiger charge is -2.14. The average Bonchev–Trinajstić information content (AvgIpc) is 2.71. The Morgan fingerprint density at radius 1 is 1.14 bits per heavy atom. The third kappa shape index (κ3) is 7.96. The van der Waals surface area contributed by atoms with Crippen molar-refractivity contribution in [2.45, 2.75) is 12.6 Å². The molecule has 0 heterocycles. The summed E-state index contributed by atoms with van der Waals surface area (Å²) in [6, 6.07) is 10.5. The van der Waals surface area contributed by atoms with Gasteiger partial charge in [0.1, 0.15) is 23.5 Å². The van der Waals surface area contributed by atoms with Crippen LogP contribution in [0.4, 0.5) is 0 Å². The van der Waals surface area contributed by atoms with E-state index in [0.717, 1.165) is 5.56 Å². The fourth-order valence-electron chi connectivity index (χ4n) is 2.27. The predicted molar refractivity (Wildman–Crippen MR) is 126 cm³/mol. The lowest BCUT2D eigenvalue weighted by molar-refractivity contribution is 0.110. The van der Waals surface area contributed by atoms with E-state index in [-0.39, 0.29) is 43.1 Å². The quantitative estimate of drug-likeness (QED) is 0.249. The lowest BCUT2D eigenvalue weighted by atomic mass is 10.2. The van der Waals surface area contributed by atoms with Gasteiger partial charge in [0, 0.05) is 6.54 Å². The van der Waals surface area contributed by atoms with Crippen LogP contribution in [0.25, 0.3) is 0 Å². The molecule has 0 radical (unpaired) electrons. The number of aliphatic imine (C=N–C) groups is 1. The fraction of sp³-hybridized carbons (Fsp3) is 0.316. The number of nitrogens with two attached hydrogens (primary N) is 1. The van der Waals surface area contributed by atoms with Crippen LogP contribution in [0, 0.1) is 0 Å². The molecule has 0 amide bonds. The molecule has 29 heavy (non-hydrogen) atoms. The highest BCUT2D eigenvalue weighted by Gasteiger charge is 2.10. The summed E-state index contributed by atoms with van der Waals surface area (Å²) in [6.07, 6.45) is -0.815. The number of benzene rings is 2. The molecule has 0 fully saturated rings. The number of rotatable bonds is 9. The second kappa shape index (κ2) is 12.8. The van der Waals surface area contributed by atoms with Crippen molar-refractivity contribution < 1.29 is 19.3 Å². The Kier molecular flexibility index (Phi) is 11.3. The van der Waals surface area contributed by atoms with E-state index < -0.39 is 6.10 Å². The second-order valence-corrected chi connectivity index (χ2v) is 6.57. The van der Waals surface area contributed by atoms with E-state index in [0.29, 0.717) is 33.8 Å². The molecule has 160 valence electrons. The van der Waals surface area contributed by atoms with Crippen molar-refractivity contribution in [2.75, 3.05) is 27.4 Å². The second-order valence-electron chi connectivity index (χ2n) is 5.79. The normalized spacial score (nSPS) is 12.0. The van der Waals surface area contributed by atoms with E-state index >= 15 is 0 Å². The van der Waals surface area contributed by atoms with Gasteiger partial charge in [0.2, 0.25) is 0 Å². The molecule has 0 saturated carbocycles. The van der Waals surface area contributed by atoms with Crippen LogP contribution in [0.15, 0.2) is 41.4 Å². The van der Waals surface area contributed by atoms with Crippen molar-refractivity contribution in [3.8, 4) is 17.2 Å². The third-order valence-electron chi connectivity index (χ3n) is 3.75. The van der Waals surface area contributed by atoms with Crippen LogP contribution in [0.5, 0.6) is 17.2 Å². The number of halogens is 3. The van der Waals surface area contributed by atoms with Crippen LogP contribution in [-0.2, 0) is 6.54 Å². The summed E-state index contributed by atoms with van der Waals surface area (Å²) in [4.78, 5) is 4.24. The molecule has 0 bridgehead atoms. The van der Waals surface area contributed by atoms with Crippen molar-refractivity contribution in [1.29, 1.82) is 0 Å². The van der Waals surface area contributed by atoms with Gasteiger partial charge < -0.3 is 30.4 Å². The first-order valence-corrected chi connectivity index (χ1v) is 9.19. The molecule has 7 nitrogen and oxygen atoms in total. The van der Waals surface area contributed by atoms with Crippen LogP contribution in [0.3, 0.4) is 0 Å². The molecule has 2 aromatic carbocycles. The van der Waals surface area contributed by atoms with Crippen molar-refractivity contribution in [3.63, 3.8) is 0 Å². The minimum Gasteiger partial charge on any atom is -0.493 e. The Bertz CT molecular complexity index is 824. The molecule has 2 aromatic rings. The minimum atomic E-state index is -0.815. The number of hydrogen-bond donors (Lipinski definition) is 3. The van der Waals surface area contributed by atoms with E-state index in [9.17, 15) is 5.11 Å². The van der Waals surface area contributed by atoms with E-state index in [2.05, 4.69) is 10.3 Å². The number of ether oxygens (including phenoxy) is 3. The first-order valence-electron chi connectivity index (χ1n) is 8.44. The number of guanidine groups is 1. The molecule has 0 spiro atoms.